The Balaban J connectivity index is 1.48. The monoisotopic (exact) mass is 387 g/mol. The van der Waals surface area contributed by atoms with Crippen molar-refractivity contribution in [2.75, 3.05) is 18.5 Å². The SMILES string of the molecule is Cc1cc(C)nc(Nc2nc(C(=O)NCCOc3ccc(F)cc3)cs2)n1. The Morgan fingerprint density at radius 3 is 2.56 bits per heavy atom. The molecule has 27 heavy (non-hydrogen) atoms. The van der Waals surface area contributed by atoms with Crippen molar-refractivity contribution in [2.24, 2.45) is 0 Å². The summed E-state index contributed by atoms with van der Waals surface area (Å²) in [7, 11) is 0. The number of benzene rings is 1. The Kier molecular flexibility index (Phi) is 5.92. The van der Waals surface area contributed by atoms with E-state index < -0.39 is 0 Å². The van der Waals surface area contributed by atoms with Crippen molar-refractivity contribution in [3.05, 3.63) is 58.6 Å². The minimum Gasteiger partial charge on any atom is -0.492 e. The van der Waals surface area contributed by atoms with Gasteiger partial charge >= 0.3 is 0 Å². The van der Waals surface area contributed by atoms with E-state index in [9.17, 15) is 9.18 Å². The van der Waals surface area contributed by atoms with Crippen LogP contribution in [0.1, 0.15) is 21.9 Å². The standard InChI is InChI=1S/C18H18FN5O2S/c1-11-9-12(2)22-17(21-11)24-18-23-15(10-27-18)16(25)20-7-8-26-14-5-3-13(19)4-6-14/h3-6,9-10H,7-8H2,1-2H3,(H,20,25)(H,21,22,23,24). The molecule has 0 radical (unpaired) electrons. The Labute approximate surface area is 159 Å². The number of halogens is 1. The van der Waals surface area contributed by atoms with E-state index >= 15 is 0 Å². The summed E-state index contributed by atoms with van der Waals surface area (Å²) in [5.41, 5.74) is 2.00. The van der Waals surface area contributed by atoms with E-state index in [2.05, 4.69) is 25.6 Å². The molecule has 3 rings (SSSR count). The fraction of sp³-hybridized carbons (Fsp3) is 0.222. The number of carbonyl (C=O) groups excluding carboxylic acids is 1. The topological polar surface area (TPSA) is 89.0 Å². The molecule has 0 saturated heterocycles. The van der Waals surface area contributed by atoms with Crippen molar-refractivity contribution in [2.45, 2.75) is 13.8 Å². The molecule has 0 fully saturated rings. The van der Waals surface area contributed by atoms with Gasteiger partial charge in [-0.15, -0.1) is 11.3 Å². The lowest BCUT2D eigenvalue weighted by Crippen LogP contribution is -2.28. The predicted octanol–water partition coefficient (Wildman–Crippen LogP) is 3.24. The molecule has 0 aliphatic carbocycles. The summed E-state index contributed by atoms with van der Waals surface area (Å²) in [4.78, 5) is 25.0. The van der Waals surface area contributed by atoms with Crippen molar-refractivity contribution in [3.8, 4) is 5.75 Å². The van der Waals surface area contributed by atoms with Crippen LogP contribution >= 0.6 is 11.3 Å². The zero-order valence-electron chi connectivity index (χ0n) is 14.8. The summed E-state index contributed by atoms with van der Waals surface area (Å²) in [6.07, 6.45) is 0. The molecule has 140 valence electrons. The maximum Gasteiger partial charge on any atom is 0.270 e. The molecule has 0 aliphatic rings. The molecule has 1 amide bonds. The summed E-state index contributed by atoms with van der Waals surface area (Å²) < 4.78 is 18.2. The first-order valence-corrected chi connectivity index (χ1v) is 9.09. The summed E-state index contributed by atoms with van der Waals surface area (Å²) >= 11 is 1.29. The average molecular weight is 387 g/mol. The van der Waals surface area contributed by atoms with Crippen LogP contribution in [0, 0.1) is 19.7 Å². The zero-order chi connectivity index (χ0) is 19.2. The molecule has 3 aromatic rings. The molecule has 9 heteroatoms. The maximum atomic E-state index is 12.8. The molecule has 0 atom stereocenters. The number of hydrogen-bond acceptors (Lipinski definition) is 7. The van der Waals surface area contributed by atoms with Gasteiger partial charge in [0.1, 0.15) is 23.9 Å². The maximum absolute atomic E-state index is 12.8. The summed E-state index contributed by atoms with van der Waals surface area (Å²) in [6.45, 7) is 4.34. The van der Waals surface area contributed by atoms with E-state index in [0.29, 0.717) is 29.1 Å². The number of aromatic nitrogens is 3. The first-order chi connectivity index (χ1) is 13.0. The largest absolute Gasteiger partial charge is 0.492 e. The number of hydrogen-bond donors (Lipinski definition) is 2. The molecule has 7 nitrogen and oxygen atoms in total. The Morgan fingerprint density at radius 1 is 1.15 bits per heavy atom. The second-order valence-electron chi connectivity index (χ2n) is 5.70. The number of rotatable bonds is 7. The van der Waals surface area contributed by atoms with Gasteiger partial charge < -0.3 is 15.4 Å². The second kappa shape index (κ2) is 8.54. The van der Waals surface area contributed by atoms with Gasteiger partial charge in [-0.25, -0.2) is 19.3 Å². The molecular formula is C18H18FN5O2S. The molecule has 2 aromatic heterocycles. The quantitative estimate of drug-likeness (QED) is 0.605. The van der Waals surface area contributed by atoms with Gasteiger partial charge in [0.05, 0.1) is 6.54 Å². The number of aryl methyl sites for hydroxylation is 2. The van der Waals surface area contributed by atoms with Gasteiger partial charge in [-0.05, 0) is 44.2 Å². The van der Waals surface area contributed by atoms with Crippen molar-refractivity contribution in [1.29, 1.82) is 0 Å². The van der Waals surface area contributed by atoms with Gasteiger partial charge in [-0.3, -0.25) is 4.79 Å². The second-order valence-corrected chi connectivity index (χ2v) is 6.55. The third kappa shape index (κ3) is 5.45. The van der Waals surface area contributed by atoms with Gasteiger partial charge in [0.25, 0.3) is 5.91 Å². The summed E-state index contributed by atoms with van der Waals surface area (Å²) in [5, 5.41) is 7.92. The Bertz CT molecular complexity index is 910. The predicted molar refractivity (Wildman–Crippen MR) is 101 cm³/mol. The number of ether oxygens (including phenoxy) is 1. The summed E-state index contributed by atoms with van der Waals surface area (Å²) in [6, 6.07) is 7.57. The molecule has 0 saturated carbocycles. The normalized spacial score (nSPS) is 10.5. The van der Waals surface area contributed by atoms with Crippen LogP contribution in [0.5, 0.6) is 5.75 Å². The van der Waals surface area contributed by atoms with Crippen LogP contribution in [0.2, 0.25) is 0 Å². The fourth-order valence-corrected chi connectivity index (χ4v) is 2.95. The first-order valence-electron chi connectivity index (χ1n) is 8.21. The summed E-state index contributed by atoms with van der Waals surface area (Å²) in [5.74, 6) is 0.360. The number of amides is 1. The minimum atomic E-state index is -0.324. The molecular weight excluding hydrogens is 369 g/mol. The number of anilines is 2. The van der Waals surface area contributed by atoms with E-state index in [1.807, 2.05) is 19.9 Å². The van der Waals surface area contributed by atoms with Crippen molar-refractivity contribution >= 4 is 28.3 Å². The van der Waals surface area contributed by atoms with E-state index in [1.165, 1.54) is 35.6 Å². The lowest BCUT2D eigenvalue weighted by Gasteiger charge is -2.06. The number of thiazole rings is 1. The van der Waals surface area contributed by atoms with Gasteiger partial charge in [0, 0.05) is 16.8 Å². The molecule has 2 N–H and O–H groups in total. The molecule has 2 heterocycles. The highest BCUT2D eigenvalue weighted by Gasteiger charge is 2.11. The first kappa shape index (κ1) is 18.7. The average Bonchev–Trinajstić information content (AvgIpc) is 3.08. The molecule has 1 aromatic carbocycles. The molecule has 0 spiro atoms. The molecule has 0 bridgehead atoms. The zero-order valence-corrected chi connectivity index (χ0v) is 15.6. The highest BCUT2D eigenvalue weighted by atomic mass is 32.1. The van der Waals surface area contributed by atoms with Crippen molar-refractivity contribution in [3.63, 3.8) is 0 Å². The van der Waals surface area contributed by atoms with Crippen LogP contribution in [-0.4, -0.2) is 34.0 Å². The Hall–Kier alpha value is -3.07. The van der Waals surface area contributed by atoms with Crippen LogP contribution in [0.15, 0.2) is 35.7 Å². The van der Waals surface area contributed by atoms with Crippen LogP contribution in [-0.2, 0) is 0 Å². The van der Waals surface area contributed by atoms with Crippen LogP contribution < -0.4 is 15.4 Å². The lowest BCUT2D eigenvalue weighted by molar-refractivity contribution is 0.0943. The number of nitrogens with zero attached hydrogens (tertiary/aromatic N) is 3. The van der Waals surface area contributed by atoms with Gasteiger partial charge in [0.15, 0.2) is 5.13 Å². The lowest BCUT2D eigenvalue weighted by atomic mass is 10.3. The van der Waals surface area contributed by atoms with E-state index in [-0.39, 0.29) is 18.3 Å². The van der Waals surface area contributed by atoms with Crippen molar-refractivity contribution < 1.29 is 13.9 Å². The smallest absolute Gasteiger partial charge is 0.270 e. The van der Waals surface area contributed by atoms with Gasteiger partial charge in [-0.1, -0.05) is 0 Å². The van der Waals surface area contributed by atoms with Gasteiger partial charge in [-0.2, -0.15) is 0 Å². The highest BCUT2D eigenvalue weighted by molar-refractivity contribution is 7.14. The van der Waals surface area contributed by atoms with E-state index in [1.54, 1.807) is 5.38 Å². The van der Waals surface area contributed by atoms with E-state index in [0.717, 1.165) is 11.4 Å². The van der Waals surface area contributed by atoms with Crippen LogP contribution in [0.3, 0.4) is 0 Å². The minimum absolute atomic E-state index is 0.267. The van der Waals surface area contributed by atoms with E-state index in [4.69, 9.17) is 4.74 Å². The third-order valence-corrected chi connectivity index (χ3v) is 4.17. The van der Waals surface area contributed by atoms with Crippen LogP contribution in [0.4, 0.5) is 15.5 Å². The van der Waals surface area contributed by atoms with Gasteiger partial charge in [0.2, 0.25) is 5.95 Å². The van der Waals surface area contributed by atoms with Crippen LogP contribution in [0.25, 0.3) is 0 Å². The fourth-order valence-electron chi connectivity index (χ4n) is 2.27. The number of carbonyl (C=O) groups is 1. The molecule has 0 aliphatic heterocycles. The third-order valence-electron chi connectivity index (χ3n) is 3.41. The Morgan fingerprint density at radius 2 is 1.85 bits per heavy atom. The highest BCUT2D eigenvalue weighted by Crippen LogP contribution is 2.19. The number of nitrogens with one attached hydrogen (secondary N) is 2. The van der Waals surface area contributed by atoms with Crippen molar-refractivity contribution in [1.82, 2.24) is 20.3 Å². The molecule has 0 unspecified atom stereocenters.